The standard InChI is InChI=1S/C26H16FN3S2/c27-23-21(16-28)22(17-29)24(30-18-10-4-1-5-11-18)26(32-20-14-8-3-9-15-20)25(23)31-19-12-6-2-7-13-19/h1-15,30H. The minimum Gasteiger partial charge on any atom is -0.353 e. The summed E-state index contributed by atoms with van der Waals surface area (Å²) in [5.74, 6) is -0.685. The van der Waals surface area contributed by atoms with E-state index in [-0.39, 0.29) is 11.1 Å². The highest BCUT2D eigenvalue weighted by Crippen LogP contribution is 2.48. The van der Waals surface area contributed by atoms with Gasteiger partial charge in [-0.05, 0) is 36.4 Å². The molecule has 0 heterocycles. The molecule has 0 saturated carbocycles. The second kappa shape index (κ2) is 10.1. The molecular formula is C26H16FN3S2. The van der Waals surface area contributed by atoms with Crippen LogP contribution in [0.1, 0.15) is 11.1 Å². The molecule has 154 valence electrons. The van der Waals surface area contributed by atoms with Gasteiger partial charge in [-0.2, -0.15) is 10.5 Å². The van der Waals surface area contributed by atoms with Gasteiger partial charge in [0.2, 0.25) is 0 Å². The lowest BCUT2D eigenvalue weighted by Crippen LogP contribution is -2.04. The highest BCUT2D eigenvalue weighted by atomic mass is 32.2. The minimum atomic E-state index is -0.685. The first kappa shape index (κ1) is 21.5. The summed E-state index contributed by atoms with van der Waals surface area (Å²) in [6.07, 6.45) is 0. The van der Waals surface area contributed by atoms with Crippen molar-refractivity contribution >= 4 is 34.9 Å². The topological polar surface area (TPSA) is 59.6 Å². The summed E-state index contributed by atoms with van der Waals surface area (Å²) in [5.41, 5.74) is 0.889. The summed E-state index contributed by atoms with van der Waals surface area (Å²) >= 11 is 2.60. The van der Waals surface area contributed by atoms with Crippen LogP contribution in [0.5, 0.6) is 0 Å². The molecule has 32 heavy (non-hydrogen) atoms. The van der Waals surface area contributed by atoms with Gasteiger partial charge in [-0.1, -0.05) is 78.1 Å². The Morgan fingerprint density at radius 2 is 1.09 bits per heavy atom. The van der Waals surface area contributed by atoms with E-state index in [0.717, 1.165) is 15.5 Å². The maximum absolute atomic E-state index is 15.7. The van der Waals surface area contributed by atoms with Crippen molar-refractivity contribution in [2.75, 3.05) is 5.32 Å². The van der Waals surface area contributed by atoms with Gasteiger partial charge in [0.1, 0.15) is 17.7 Å². The number of hydrogen-bond acceptors (Lipinski definition) is 5. The highest BCUT2D eigenvalue weighted by molar-refractivity contribution is 8.02. The smallest absolute Gasteiger partial charge is 0.157 e. The van der Waals surface area contributed by atoms with Crippen molar-refractivity contribution < 1.29 is 4.39 Å². The number of nitriles is 2. The molecule has 0 saturated heterocycles. The Kier molecular flexibility index (Phi) is 6.77. The monoisotopic (exact) mass is 453 g/mol. The number of nitrogens with zero attached hydrogens (tertiary/aromatic N) is 2. The van der Waals surface area contributed by atoms with E-state index in [0.29, 0.717) is 15.5 Å². The average molecular weight is 454 g/mol. The molecule has 0 aromatic heterocycles. The quantitative estimate of drug-likeness (QED) is 0.325. The van der Waals surface area contributed by atoms with Gasteiger partial charge in [0.05, 0.1) is 21.0 Å². The van der Waals surface area contributed by atoms with E-state index in [1.807, 2.05) is 103 Å². The fourth-order valence-corrected chi connectivity index (χ4v) is 5.21. The second-order valence-electron chi connectivity index (χ2n) is 6.64. The molecule has 0 bridgehead atoms. The van der Waals surface area contributed by atoms with Gasteiger partial charge < -0.3 is 5.32 Å². The van der Waals surface area contributed by atoms with Gasteiger partial charge in [-0.3, -0.25) is 0 Å². The number of hydrogen-bond donors (Lipinski definition) is 1. The van der Waals surface area contributed by atoms with Gasteiger partial charge in [0.25, 0.3) is 0 Å². The lowest BCUT2D eigenvalue weighted by Gasteiger charge is -2.19. The number of rotatable bonds is 6. The summed E-state index contributed by atoms with van der Waals surface area (Å²) in [7, 11) is 0. The van der Waals surface area contributed by atoms with E-state index in [1.165, 1.54) is 23.5 Å². The van der Waals surface area contributed by atoms with Crippen molar-refractivity contribution in [2.24, 2.45) is 0 Å². The summed E-state index contributed by atoms with van der Waals surface area (Å²) in [4.78, 5) is 2.59. The minimum absolute atomic E-state index is 0.00954. The Balaban J connectivity index is 1.97. The molecule has 0 aliphatic heterocycles. The molecule has 4 aromatic rings. The zero-order valence-electron chi connectivity index (χ0n) is 16.7. The molecule has 0 unspecified atom stereocenters. The number of halogens is 1. The van der Waals surface area contributed by atoms with Gasteiger partial charge in [0, 0.05) is 15.5 Å². The molecule has 4 rings (SSSR count). The second-order valence-corrected chi connectivity index (χ2v) is 8.81. The Bertz CT molecular complexity index is 1310. The van der Waals surface area contributed by atoms with Crippen LogP contribution < -0.4 is 5.32 Å². The van der Waals surface area contributed by atoms with E-state index in [4.69, 9.17) is 0 Å². The van der Waals surface area contributed by atoms with E-state index in [2.05, 4.69) is 5.32 Å². The molecule has 0 aliphatic rings. The van der Waals surface area contributed by atoms with Crippen molar-refractivity contribution in [1.29, 1.82) is 10.5 Å². The molecule has 0 aliphatic carbocycles. The Morgan fingerprint density at radius 3 is 1.59 bits per heavy atom. The van der Waals surface area contributed by atoms with Gasteiger partial charge in [-0.15, -0.1) is 0 Å². The third-order valence-corrected chi connectivity index (χ3v) is 6.89. The van der Waals surface area contributed by atoms with Crippen LogP contribution in [-0.2, 0) is 0 Å². The maximum atomic E-state index is 15.7. The fourth-order valence-electron chi connectivity index (χ4n) is 3.08. The zero-order valence-corrected chi connectivity index (χ0v) is 18.4. The van der Waals surface area contributed by atoms with Gasteiger partial charge in [0.15, 0.2) is 5.82 Å². The summed E-state index contributed by atoms with van der Waals surface area (Å²) in [5, 5.41) is 22.9. The summed E-state index contributed by atoms with van der Waals surface area (Å²) in [6.45, 7) is 0. The Hall–Kier alpha value is -3.71. The Labute approximate surface area is 194 Å². The van der Waals surface area contributed by atoms with Crippen LogP contribution in [0, 0.1) is 28.5 Å². The largest absolute Gasteiger partial charge is 0.353 e. The van der Waals surface area contributed by atoms with Crippen molar-refractivity contribution in [1.82, 2.24) is 0 Å². The number of para-hydroxylation sites is 1. The molecule has 1 N–H and O–H groups in total. The summed E-state index contributed by atoms with van der Waals surface area (Å²) < 4.78 is 15.7. The van der Waals surface area contributed by atoms with Crippen molar-refractivity contribution in [3.63, 3.8) is 0 Å². The SMILES string of the molecule is N#Cc1c(F)c(Sc2ccccc2)c(Sc2ccccc2)c(Nc2ccccc2)c1C#N. The van der Waals surface area contributed by atoms with E-state index in [9.17, 15) is 10.5 Å². The van der Waals surface area contributed by atoms with Crippen LogP contribution in [0.3, 0.4) is 0 Å². The first-order valence-corrected chi connectivity index (χ1v) is 11.3. The molecule has 0 radical (unpaired) electrons. The summed E-state index contributed by atoms with van der Waals surface area (Å²) in [6, 6.07) is 32.3. The fraction of sp³-hybridized carbons (Fsp3) is 0. The van der Waals surface area contributed by atoms with Crippen LogP contribution in [0.4, 0.5) is 15.8 Å². The third-order valence-electron chi connectivity index (χ3n) is 4.55. The van der Waals surface area contributed by atoms with Crippen LogP contribution in [0.2, 0.25) is 0 Å². The van der Waals surface area contributed by atoms with E-state index < -0.39 is 5.82 Å². The molecule has 4 aromatic carbocycles. The van der Waals surface area contributed by atoms with Crippen LogP contribution in [-0.4, -0.2) is 0 Å². The Morgan fingerprint density at radius 1 is 0.625 bits per heavy atom. The number of nitrogens with one attached hydrogen (secondary N) is 1. The molecule has 3 nitrogen and oxygen atoms in total. The van der Waals surface area contributed by atoms with Crippen LogP contribution >= 0.6 is 23.5 Å². The van der Waals surface area contributed by atoms with Crippen molar-refractivity contribution in [3.8, 4) is 12.1 Å². The van der Waals surface area contributed by atoms with E-state index in [1.54, 1.807) is 0 Å². The molecule has 0 spiro atoms. The van der Waals surface area contributed by atoms with Crippen LogP contribution in [0.25, 0.3) is 0 Å². The predicted octanol–water partition coefficient (Wildman–Crippen LogP) is 7.62. The molecule has 0 amide bonds. The normalized spacial score (nSPS) is 10.2. The number of benzene rings is 4. The highest BCUT2D eigenvalue weighted by Gasteiger charge is 2.26. The lowest BCUT2D eigenvalue weighted by molar-refractivity contribution is 0.590. The number of anilines is 2. The molecule has 6 heteroatoms. The van der Waals surface area contributed by atoms with Gasteiger partial charge >= 0.3 is 0 Å². The van der Waals surface area contributed by atoms with Crippen molar-refractivity contribution in [2.45, 2.75) is 19.6 Å². The van der Waals surface area contributed by atoms with Crippen molar-refractivity contribution in [3.05, 3.63) is 108 Å². The first-order chi connectivity index (χ1) is 15.7. The zero-order chi connectivity index (χ0) is 22.3. The molecule has 0 fully saturated rings. The molecule has 0 atom stereocenters. The average Bonchev–Trinajstić information content (AvgIpc) is 2.84. The third kappa shape index (κ3) is 4.63. The van der Waals surface area contributed by atoms with Crippen LogP contribution in [0.15, 0.2) is 111 Å². The predicted molar refractivity (Wildman–Crippen MR) is 127 cm³/mol. The van der Waals surface area contributed by atoms with Gasteiger partial charge in [-0.25, -0.2) is 4.39 Å². The van der Waals surface area contributed by atoms with E-state index >= 15 is 4.39 Å². The molecular weight excluding hydrogens is 437 g/mol. The first-order valence-electron chi connectivity index (χ1n) is 9.68. The maximum Gasteiger partial charge on any atom is 0.157 e. The lowest BCUT2D eigenvalue weighted by atomic mass is 10.1.